The van der Waals surface area contributed by atoms with Crippen molar-refractivity contribution in [3.8, 4) is 84.2 Å². The lowest BCUT2D eigenvalue weighted by Gasteiger charge is -2.26. The van der Waals surface area contributed by atoms with Gasteiger partial charge in [-0.1, -0.05) is 237 Å². The lowest BCUT2D eigenvalue weighted by molar-refractivity contribution is 1.14. The molecule has 0 atom stereocenters. The Morgan fingerprint density at radius 1 is 0.337 bits per heavy atom. The minimum Gasteiger partial charge on any atom is -0.318 e. The van der Waals surface area contributed by atoms with E-state index in [-0.39, 0.29) is 0 Å². The molecule has 17 rings (SSSR count). The van der Waals surface area contributed by atoms with Crippen molar-refractivity contribution in [1.82, 2.24) is 9.13 Å². The summed E-state index contributed by atoms with van der Waals surface area (Å²) in [4.78, 5) is 4.73. The molecular formula is C80H46N4S2. The van der Waals surface area contributed by atoms with E-state index in [0.29, 0.717) is 28.2 Å². The third-order valence-corrected chi connectivity index (χ3v) is 19.7. The smallest absolute Gasteiger partial charge is 0.220 e. The van der Waals surface area contributed by atoms with Crippen LogP contribution >= 0.6 is 22.7 Å². The van der Waals surface area contributed by atoms with Crippen molar-refractivity contribution in [3.63, 3.8) is 0 Å². The minimum atomic E-state index is 0.393. The van der Waals surface area contributed by atoms with Crippen LogP contribution in [0.15, 0.2) is 279 Å². The number of fused-ring (bicyclic) bond motifs is 14. The van der Waals surface area contributed by atoms with Gasteiger partial charge in [-0.05, 0) is 98.1 Å². The molecule has 0 fully saturated rings. The molecule has 0 saturated carbocycles. The summed E-state index contributed by atoms with van der Waals surface area (Å²) in [6, 6.07) is 102. The lowest BCUT2D eigenvalue weighted by atomic mass is 9.86. The third kappa shape index (κ3) is 7.45. The molecule has 0 unspecified atom stereocenters. The first kappa shape index (κ1) is 49.5. The number of thiophene rings is 2. The maximum absolute atomic E-state index is 12.7. The van der Waals surface area contributed by atoms with Gasteiger partial charge < -0.3 is 9.13 Å². The summed E-state index contributed by atoms with van der Waals surface area (Å²) in [6.45, 7) is 9.71. The van der Waals surface area contributed by atoms with Gasteiger partial charge in [0, 0.05) is 63.6 Å². The van der Waals surface area contributed by atoms with E-state index in [0.717, 1.165) is 114 Å². The van der Waals surface area contributed by atoms with Crippen molar-refractivity contribution < 1.29 is 0 Å². The van der Waals surface area contributed by atoms with Crippen molar-refractivity contribution in [3.05, 3.63) is 296 Å². The van der Waals surface area contributed by atoms with E-state index in [1.54, 1.807) is 0 Å². The van der Waals surface area contributed by atoms with Crippen LogP contribution in [0.4, 0.5) is 5.69 Å². The topological polar surface area (TPSA) is 38.0 Å². The van der Waals surface area contributed by atoms with Crippen molar-refractivity contribution >= 4 is 112 Å². The molecule has 4 aromatic heterocycles. The van der Waals surface area contributed by atoms with Crippen molar-refractivity contribution in [2.45, 2.75) is 0 Å². The molecule has 0 amide bonds. The van der Waals surface area contributed by atoms with E-state index in [4.69, 9.17) is 4.85 Å². The predicted octanol–water partition coefficient (Wildman–Crippen LogP) is 23.0. The highest BCUT2D eigenvalue weighted by molar-refractivity contribution is 7.27. The molecule has 6 heteroatoms. The maximum Gasteiger partial charge on any atom is 0.220 e. The Kier molecular flexibility index (Phi) is 11.4. The number of para-hydroxylation sites is 2. The van der Waals surface area contributed by atoms with Crippen molar-refractivity contribution in [1.29, 1.82) is 5.26 Å². The van der Waals surface area contributed by atoms with Gasteiger partial charge in [-0.15, -0.1) is 22.7 Å². The summed E-state index contributed by atoms with van der Waals surface area (Å²) < 4.78 is 9.40. The van der Waals surface area contributed by atoms with Crippen LogP contribution in [-0.2, 0) is 0 Å². The lowest BCUT2D eigenvalue weighted by Crippen LogP contribution is -2.09. The van der Waals surface area contributed by atoms with E-state index >= 15 is 0 Å². The van der Waals surface area contributed by atoms with Crippen LogP contribution in [0.2, 0.25) is 0 Å². The van der Waals surface area contributed by atoms with Crippen LogP contribution < -0.4 is 0 Å². The standard InChI is InChI=1S/C80H46N4S2/c1-82-74-70(53-31-15-6-16-32-53)65(48-81)75(71(78(74)83-66-37-19-17-33-59(66)60-34-18-20-38-67(60)83)56-46-54(49-23-7-2-8-24-49)45-55(47-56)50-25-9-3-10-26-50)84-76-61(41-43-63-72-57(51-27-11-4-12-28-51)35-21-39-68(72)85-79(63)76)62-42-44-64-73-58(52-29-13-5-14-30-52)36-22-40-69(73)86-80(64)77(62)84/h2-47H. The second kappa shape index (κ2) is 19.8. The minimum absolute atomic E-state index is 0.393. The summed E-state index contributed by atoms with van der Waals surface area (Å²) in [5.41, 5.74) is 17.9. The molecule has 0 aliphatic rings. The highest BCUT2D eigenvalue weighted by Crippen LogP contribution is 2.56. The molecule has 17 aromatic rings. The first-order valence-corrected chi connectivity index (χ1v) is 30.5. The second-order valence-electron chi connectivity index (χ2n) is 22.0. The summed E-state index contributed by atoms with van der Waals surface area (Å²) in [5, 5.41) is 21.7. The van der Waals surface area contributed by atoms with Crippen LogP contribution in [0.25, 0.3) is 167 Å². The van der Waals surface area contributed by atoms with Crippen LogP contribution in [0.5, 0.6) is 0 Å². The third-order valence-electron chi connectivity index (χ3n) is 17.4. The Bertz CT molecular complexity index is 5420. The zero-order valence-electron chi connectivity index (χ0n) is 46.2. The zero-order valence-corrected chi connectivity index (χ0v) is 47.8. The maximum atomic E-state index is 12.7. The van der Waals surface area contributed by atoms with E-state index in [9.17, 15) is 11.8 Å². The molecule has 0 radical (unpaired) electrons. The number of rotatable bonds is 8. The number of nitrogens with zero attached hydrogens (tertiary/aromatic N) is 4. The molecule has 0 aliphatic carbocycles. The number of aromatic nitrogens is 2. The quantitative estimate of drug-likeness (QED) is 0.140. The molecule has 4 nitrogen and oxygen atoms in total. The fraction of sp³-hybridized carbons (Fsp3) is 0. The Morgan fingerprint density at radius 2 is 0.744 bits per heavy atom. The molecule has 0 aliphatic heterocycles. The van der Waals surface area contributed by atoms with E-state index in [1.165, 1.54) is 31.3 Å². The second-order valence-corrected chi connectivity index (χ2v) is 24.1. The summed E-state index contributed by atoms with van der Waals surface area (Å²) in [7, 11) is 0. The van der Waals surface area contributed by atoms with E-state index in [2.05, 4.69) is 276 Å². The average molecular weight is 1130 g/mol. The molecule has 13 aromatic carbocycles. The van der Waals surface area contributed by atoms with Crippen LogP contribution in [0.3, 0.4) is 0 Å². The summed E-state index contributed by atoms with van der Waals surface area (Å²) >= 11 is 3.62. The fourth-order valence-electron chi connectivity index (χ4n) is 13.7. The highest BCUT2D eigenvalue weighted by atomic mass is 32.1. The summed E-state index contributed by atoms with van der Waals surface area (Å²) in [6.07, 6.45) is 0. The van der Waals surface area contributed by atoms with Crippen LogP contribution in [0.1, 0.15) is 5.56 Å². The number of hydrogen-bond donors (Lipinski definition) is 0. The highest BCUT2D eigenvalue weighted by Gasteiger charge is 2.34. The fourth-order valence-corrected chi connectivity index (χ4v) is 16.3. The van der Waals surface area contributed by atoms with Gasteiger partial charge in [0.2, 0.25) is 5.69 Å². The van der Waals surface area contributed by atoms with Gasteiger partial charge in [0.05, 0.1) is 55.0 Å². The largest absolute Gasteiger partial charge is 0.318 e. The van der Waals surface area contributed by atoms with Gasteiger partial charge in [0.25, 0.3) is 0 Å². The number of benzene rings is 13. The first-order chi connectivity index (χ1) is 42.6. The van der Waals surface area contributed by atoms with E-state index < -0.39 is 0 Å². The molecule has 0 bridgehead atoms. The molecular weight excluding hydrogens is 1080 g/mol. The van der Waals surface area contributed by atoms with Crippen LogP contribution in [-0.4, -0.2) is 9.13 Å². The van der Waals surface area contributed by atoms with Gasteiger partial charge in [-0.3, -0.25) is 0 Å². The molecule has 398 valence electrons. The van der Waals surface area contributed by atoms with Gasteiger partial charge in [0.1, 0.15) is 6.07 Å². The Balaban J connectivity index is 1.17. The number of hydrogen-bond acceptors (Lipinski definition) is 3. The SMILES string of the molecule is [C-]#[N+]c1c(-c2ccccc2)c(C#N)c(-n2c3c(ccc4c3sc3cccc(-c5ccccc5)c34)c3ccc4c(sc5cccc(-c6ccccc6)c54)c32)c(-c2cc(-c3ccccc3)cc(-c3ccccc3)c2)c1-n1c2ccccc2c2ccccc21. The van der Waals surface area contributed by atoms with Gasteiger partial charge in [0.15, 0.2) is 0 Å². The Labute approximate surface area is 503 Å². The van der Waals surface area contributed by atoms with E-state index in [1.807, 2.05) is 40.9 Å². The Hall–Kier alpha value is -11.1. The van der Waals surface area contributed by atoms with Crippen LogP contribution in [0, 0.1) is 17.9 Å². The Morgan fingerprint density at radius 3 is 1.20 bits per heavy atom. The van der Waals surface area contributed by atoms with Crippen molar-refractivity contribution in [2.75, 3.05) is 0 Å². The first-order valence-electron chi connectivity index (χ1n) is 28.8. The average Bonchev–Trinajstić information content (AvgIpc) is 1.51. The molecule has 0 spiro atoms. The molecule has 4 heterocycles. The monoisotopic (exact) mass is 1130 g/mol. The molecule has 86 heavy (non-hydrogen) atoms. The molecule has 0 N–H and O–H groups in total. The predicted molar refractivity (Wildman–Crippen MR) is 364 cm³/mol. The van der Waals surface area contributed by atoms with Gasteiger partial charge >= 0.3 is 0 Å². The summed E-state index contributed by atoms with van der Waals surface area (Å²) in [5.74, 6) is 0. The van der Waals surface area contributed by atoms with Gasteiger partial charge in [-0.2, -0.15) is 5.26 Å². The van der Waals surface area contributed by atoms with Crippen molar-refractivity contribution in [2.24, 2.45) is 0 Å². The number of nitriles is 1. The normalized spacial score (nSPS) is 11.7. The van der Waals surface area contributed by atoms with Gasteiger partial charge in [-0.25, -0.2) is 4.85 Å². The molecule has 0 saturated heterocycles. The zero-order chi connectivity index (χ0) is 57.0.